The number of hydrogen-bond acceptors (Lipinski definition) is 3. The number of ether oxygens (including phenoxy) is 2. The Morgan fingerprint density at radius 1 is 1.08 bits per heavy atom. The lowest BCUT2D eigenvalue weighted by molar-refractivity contribution is -0.127. The lowest BCUT2D eigenvalue weighted by Crippen LogP contribution is -2.37. The highest BCUT2D eigenvalue weighted by Gasteiger charge is 2.14. The smallest absolute Gasteiger partial charge is 0.387 e. The Labute approximate surface area is 145 Å². The normalized spacial score (nSPS) is 11.9. The topological polar surface area (TPSA) is 47.6 Å². The number of amides is 1. The maximum Gasteiger partial charge on any atom is 0.387 e. The fourth-order valence-corrected chi connectivity index (χ4v) is 2.26. The number of benzene rings is 2. The quantitative estimate of drug-likeness (QED) is 0.790. The van der Waals surface area contributed by atoms with Gasteiger partial charge in [-0.05, 0) is 55.7 Å². The molecule has 0 fully saturated rings. The van der Waals surface area contributed by atoms with Crippen LogP contribution in [-0.2, 0) is 11.2 Å². The van der Waals surface area contributed by atoms with Crippen molar-refractivity contribution in [3.63, 3.8) is 0 Å². The van der Waals surface area contributed by atoms with E-state index in [0.717, 1.165) is 11.1 Å². The van der Waals surface area contributed by atoms with E-state index >= 15 is 0 Å². The van der Waals surface area contributed by atoms with Crippen molar-refractivity contribution in [2.75, 3.05) is 6.54 Å². The third kappa shape index (κ3) is 6.41. The second-order valence-electron chi connectivity index (χ2n) is 5.64. The third-order valence-corrected chi connectivity index (χ3v) is 3.53. The van der Waals surface area contributed by atoms with E-state index in [0.29, 0.717) is 18.7 Å². The molecule has 0 heterocycles. The predicted octanol–water partition coefficient (Wildman–Crippen LogP) is 3.72. The summed E-state index contributed by atoms with van der Waals surface area (Å²) in [7, 11) is 0. The summed E-state index contributed by atoms with van der Waals surface area (Å²) in [6.07, 6.45) is -0.0265. The van der Waals surface area contributed by atoms with Crippen molar-refractivity contribution >= 4 is 5.91 Å². The maximum atomic E-state index is 12.1. The van der Waals surface area contributed by atoms with Gasteiger partial charge in [0.1, 0.15) is 11.5 Å². The van der Waals surface area contributed by atoms with Crippen LogP contribution in [0.4, 0.5) is 8.78 Å². The summed E-state index contributed by atoms with van der Waals surface area (Å²) in [4.78, 5) is 12.1. The fraction of sp³-hybridized carbons (Fsp3) is 0.316. The van der Waals surface area contributed by atoms with Gasteiger partial charge in [0.15, 0.2) is 6.10 Å². The first-order valence-corrected chi connectivity index (χ1v) is 7.99. The molecule has 2 aromatic rings. The molecule has 1 amide bonds. The zero-order chi connectivity index (χ0) is 18.2. The van der Waals surface area contributed by atoms with Crippen LogP contribution in [0.2, 0.25) is 0 Å². The van der Waals surface area contributed by atoms with Crippen LogP contribution in [0.3, 0.4) is 0 Å². The number of alkyl halides is 2. The van der Waals surface area contributed by atoms with Crippen LogP contribution in [-0.4, -0.2) is 25.2 Å². The number of carbonyl (C=O) groups is 1. The number of hydrogen-bond donors (Lipinski definition) is 1. The van der Waals surface area contributed by atoms with Crippen molar-refractivity contribution < 1.29 is 23.0 Å². The van der Waals surface area contributed by atoms with E-state index in [4.69, 9.17) is 4.74 Å². The lowest BCUT2D eigenvalue weighted by atomic mass is 10.1. The minimum atomic E-state index is -2.83. The SMILES string of the molecule is Cc1cccc(OC(C)C(=O)NCCc2ccc(OC(F)F)cc2)c1. The summed E-state index contributed by atoms with van der Waals surface area (Å²) in [5.41, 5.74) is 1.97. The van der Waals surface area contributed by atoms with E-state index in [1.54, 1.807) is 25.1 Å². The van der Waals surface area contributed by atoms with Crippen LogP contribution in [0, 0.1) is 6.92 Å². The molecule has 2 aromatic carbocycles. The van der Waals surface area contributed by atoms with E-state index in [9.17, 15) is 13.6 Å². The molecule has 0 aliphatic heterocycles. The van der Waals surface area contributed by atoms with Crippen LogP contribution >= 0.6 is 0 Å². The molecule has 1 unspecified atom stereocenters. The molecule has 0 aliphatic rings. The van der Waals surface area contributed by atoms with Gasteiger partial charge in [0.25, 0.3) is 5.91 Å². The van der Waals surface area contributed by atoms with E-state index < -0.39 is 12.7 Å². The number of aryl methyl sites for hydroxylation is 1. The predicted molar refractivity (Wildman–Crippen MR) is 91.1 cm³/mol. The number of carbonyl (C=O) groups excluding carboxylic acids is 1. The zero-order valence-corrected chi connectivity index (χ0v) is 14.2. The van der Waals surface area contributed by atoms with Crippen LogP contribution in [0.1, 0.15) is 18.1 Å². The Kier molecular flexibility index (Phi) is 6.74. The third-order valence-electron chi connectivity index (χ3n) is 3.53. The van der Waals surface area contributed by atoms with E-state index in [1.165, 1.54) is 12.1 Å². The molecule has 2 rings (SSSR count). The number of halogens is 2. The minimum absolute atomic E-state index is 0.114. The largest absolute Gasteiger partial charge is 0.481 e. The van der Waals surface area contributed by atoms with Crippen molar-refractivity contribution in [2.24, 2.45) is 0 Å². The molecule has 25 heavy (non-hydrogen) atoms. The van der Waals surface area contributed by atoms with Gasteiger partial charge in [-0.1, -0.05) is 24.3 Å². The molecule has 0 saturated heterocycles. The first-order chi connectivity index (χ1) is 11.9. The summed E-state index contributed by atoms with van der Waals surface area (Å²) in [5, 5.41) is 2.80. The van der Waals surface area contributed by atoms with Gasteiger partial charge in [0, 0.05) is 6.54 Å². The summed E-state index contributed by atoms with van der Waals surface area (Å²) < 4.78 is 34.1. The van der Waals surface area contributed by atoms with Crippen molar-refractivity contribution in [1.29, 1.82) is 0 Å². The summed E-state index contributed by atoms with van der Waals surface area (Å²) in [6.45, 7) is 1.23. The molecular formula is C19H21F2NO3. The molecule has 0 aromatic heterocycles. The summed E-state index contributed by atoms with van der Waals surface area (Å²) in [6, 6.07) is 13.8. The van der Waals surface area contributed by atoms with Gasteiger partial charge in [-0.3, -0.25) is 4.79 Å². The second-order valence-corrected chi connectivity index (χ2v) is 5.64. The Morgan fingerprint density at radius 3 is 2.44 bits per heavy atom. The molecule has 0 bridgehead atoms. The minimum Gasteiger partial charge on any atom is -0.481 e. The van der Waals surface area contributed by atoms with Crippen molar-refractivity contribution in [3.8, 4) is 11.5 Å². The summed E-state index contributed by atoms with van der Waals surface area (Å²) >= 11 is 0. The Morgan fingerprint density at radius 2 is 1.80 bits per heavy atom. The molecule has 0 spiro atoms. The Bertz CT molecular complexity index is 689. The van der Waals surface area contributed by atoms with Crippen molar-refractivity contribution in [1.82, 2.24) is 5.32 Å². The Hall–Kier alpha value is -2.63. The monoisotopic (exact) mass is 349 g/mol. The highest BCUT2D eigenvalue weighted by atomic mass is 19.3. The van der Waals surface area contributed by atoms with E-state index in [1.807, 2.05) is 25.1 Å². The molecular weight excluding hydrogens is 328 g/mol. The summed E-state index contributed by atoms with van der Waals surface area (Å²) in [5.74, 6) is 0.555. The van der Waals surface area contributed by atoms with Gasteiger partial charge < -0.3 is 14.8 Å². The molecule has 1 atom stereocenters. The van der Waals surface area contributed by atoms with E-state index in [2.05, 4.69) is 10.1 Å². The molecule has 1 N–H and O–H groups in total. The van der Waals surface area contributed by atoms with Crippen LogP contribution in [0.15, 0.2) is 48.5 Å². The molecule has 134 valence electrons. The van der Waals surface area contributed by atoms with Crippen molar-refractivity contribution in [2.45, 2.75) is 33.0 Å². The van der Waals surface area contributed by atoms with Crippen LogP contribution < -0.4 is 14.8 Å². The van der Waals surface area contributed by atoms with Crippen molar-refractivity contribution in [3.05, 3.63) is 59.7 Å². The molecule has 0 aliphatic carbocycles. The first kappa shape index (κ1) is 18.7. The molecule has 4 nitrogen and oxygen atoms in total. The first-order valence-electron chi connectivity index (χ1n) is 7.99. The van der Waals surface area contributed by atoms with Gasteiger partial charge in [0.2, 0.25) is 0 Å². The standard InChI is InChI=1S/C19H21F2NO3/c1-13-4-3-5-17(12-13)24-14(2)18(23)22-11-10-15-6-8-16(9-7-15)25-19(20)21/h3-9,12,14,19H,10-11H2,1-2H3,(H,22,23). The van der Waals surface area contributed by atoms with E-state index in [-0.39, 0.29) is 11.7 Å². The highest BCUT2D eigenvalue weighted by Crippen LogP contribution is 2.15. The van der Waals surface area contributed by atoms with Gasteiger partial charge in [-0.15, -0.1) is 0 Å². The molecule has 6 heteroatoms. The van der Waals surface area contributed by atoms with Gasteiger partial charge in [0.05, 0.1) is 0 Å². The fourth-order valence-electron chi connectivity index (χ4n) is 2.26. The molecule has 0 saturated carbocycles. The lowest BCUT2D eigenvalue weighted by Gasteiger charge is -2.15. The average molecular weight is 349 g/mol. The number of nitrogens with one attached hydrogen (secondary N) is 1. The maximum absolute atomic E-state index is 12.1. The van der Waals surface area contributed by atoms with Gasteiger partial charge >= 0.3 is 6.61 Å². The molecule has 0 radical (unpaired) electrons. The van der Waals surface area contributed by atoms with Crippen LogP contribution in [0.5, 0.6) is 11.5 Å². The van der Waals surface area contributed by atoms with Gasteiger partial charge in [-0.2, -0.15) is 8.78 Å². The second kappa shape index (κ2) is 9.01. The van der Waals surface area contributed by atoms with Gasteiger partial charge in [-0.25, -0.2) is 0 Å². The zero-order valence-electron chi connectivity index (χ0n) is 14.2. The number of rotatable bonds is 8. The Balaban J connectivity index is 1.75. The average Bonchev–Trinajstić information content (AvgIpc) is 2.56. The van der Waals surface area contributed by atoms with Crippen LogP contribution in [0.25, 0.3) is 0 Å². The highest BCUT2D eigenvalue weighted by molar-refractivity contribution is 5.80.